The summed E-state index contributed by atoms with van der Waals surface area (Å²) in [6, 6.07) is 7.60. The minimum atomic E-state index is -0.202. The zero-order chi connectivity index (χ0) is 13.1. The van der Waals surface area contributed by atoms with E-state index in [1.54, 1.807) is 12.4 Å². The van der Waals surface area contributed by atoms with Gasteiger partial charge in [-0.25, -0.2) is 4.79 Å². The molecule has 1 aromatic heterocycles. The Kier molecular flexibility index (Phi) is 3.29. The Morgan fingerprint density at radius 1 is 1.37 bits per heavy atom. The second-order valence-electron chi connectivity index (χ2n) is 4.56. The molecule has 0 bridgehead atoms. The van der Waals surface area contributed by atoms with Gasteiger partial charge in [0.05, 0.1) is 18.3 Å². The first kappa shape index (κ1) is 11.9. The van der Waals surface area contributed by atoms with Crippen LogP contribution in [0, 0.1) is 0 Å². The summed E-state index contributed by atoms with van der Waals surface area (Å²) in [5.74, 6) is 0. The van der Waals surface area contributed by atoms with Crippen molar-refractivity contribution < 1.29 is 9.53 Å². The van der Waals surface area contributed by atoms with Gasteiger partial charge in [-0.2, -0.15) is 0 Å². The highest BCUT2D eigenvalue weighted by molar-refractivity contribution is 6.01. The zero-order valence-electron chi connectivity index (χ0n) is 10.4. The Bertz CT molecular complexity index is 589. The van der Waals surface area contributed by atoms with Crippen molar-refractivity contribution in [3.8, 4) is 0 Å². The number of rotatable bonds is 2. The number of anilines is 1. The maximum absolute atomic E-state index is 11.9. The van der Waals surface area contributed by atoms with Crippen LogP contribution in [0.15, 0.2) is 36.7 Å². The monoisotopic (exact) mass is 257 g/mol. The van der Waals surface area contributed by atoms with Gasteiger partial charge in [-0.3, -0.25) is 4.98 Å². The predicted octanol–water partition coefficient (Wildman–Crippen LogP) is 2.15. The van der Waals surface area contributed by atoms with E-state index < -0.39 is 0 Å². The number of benzene rings is 1. The van der Waals surface area contributed by atoms with Gasteiger partial charge in [-0.15, -0.1) is 0 Å². The molecule has 1 saturated heterocycles. The van der Waals surface area contributed by atoms with Gasteiger partial charge in [0.1, 0.15) is 0 Å². The predicted molar refractivity (Wildman–Crippen MR) is 73.1 cm³/mol. The average Bonchev–Trinajstić information content (AvgIpc) is 2.92. The third-order valence-electron chi connectivity index (χ3n) is 3.20. The van der Waals surface area contributed by atoms with E-state index in [-0.39, 0.29) is 12.1 Å². The number of hydrogen-bond acceptors (Lipinski definition) is 3. The van der Waals surface area contributed by atoms with E-state index >= 15 is 0 Å². The van der Waals surface area contributed by atoms with Gasteiger partial charge in [0.15, 0.2) is 0 Å². The summed E-state index contributed by atoms with van der Waals surface area (Å²) >= 11 is 0. The van der Waals surface area contributed by atoms with Gasteiger partial charge in [-0.05, 0) is 23.9 Å². The van der Waals surface area contributed by atoms with E-state index in [4.69, 9.17) is 4.74 Å². The molecule has 0 saturated carbocycles. The lowest BCUT2D eigenvalue weighted by molar-refractivity contribution is 0.189. The number of aromatic nitrogens is 1. The SMILES string of the molecule is O=C(Nc1cccc2ccncc12)NC1CCOC1. The molecule has 1 atom stereocenters. The normalized spacial score (nSPS) is 18.4. The molecule has 1 aliphatic rings. The van der Waals surface area contributed by atoms with Crippen LogP contribution in [-0.4, -0.2) is 30.3 Å². The number of ether oxygens (including phenoxy) is 1. The fraction of sp³-hybridized carbons (Fsp3) is 0.286. The second kappa shape index (κ2) is 5.24. The van der Waals surface area contributed by atoms with E-state index in [2.05, 4.69) is 15.6 Å². The number of fused-ring (bicyclic) bond motifs is 1. The van der Waals surface area contributed by atoms with Crippen LogP contribution in [-0.2, 0) is 4.74 Å². The Morgan fingerprint density at radius 2 is 2.32 bits per heavy atom. The molecule has 0 aliphatic carbocycles. The van der Waals surface area contributed by atoms with Gasteiger partial charge >= 0.3 is 6.03 Å². The molecule has 1 fully saturated rings. The number of carbonyl (C=O) groups is 1. The van der Waals surface area contributed by atoms with E-state index in [0.29, 0.717) is 13.2 Å². The van der Waals surface area contributed by atoms with Gasteiger partial charge < -0.3 is 15.4 Å². The van der Waals surface area contributed by atoms with Gasteiger partial charge in [0, 0.05) is 24.4 Å². The molecule has 3 rings (SSSR count). The minimum Gasteiger partial charge on any atom is -0.379 e. The molecule has 0 spiro atoms. The summed E-state index contributed by atoms with van der Waals surface area (Å²) in [6.45, 7) is 1.30. The van der Waals surface area contributed by atoms with Crippen LogP contribution in [0.5, 0.6) is 0 Å². The van der Waals surface area contributed by atoms with Crippen molar-refractivity contribution in [2.75, 3.05) is 18.5 Å². The van der Waals surface area contributed by atoms with E-state index in [1.807, 2.05) is 24.3 Å². The average molecular weight is 257 g/mol. The third-order valence-corrected chi connectivity index (χ3v) is 3.20. The first-order valence-corrected chi connectivity index (χ1v) is 6.31. The smallest absolute Gasteiger partial charge is 0.319 e. The van der Waals surface area contributed by atoms with Crippen LogP contribution in [0.4, 0.5) is 10.5 Å². The highest BCUT2D eigenvalue weighted by atomic mass is 16.5. The first-order chi connectivity index (χ1) is 9.33. The van der Waals surface area contributed by atoms with Gasteiger partial charge in [0.2, 0.25) is 0 Å². The molecule has 0 radical (unpaired) electrons. The zero-order valence-corrected chi connectivity index (χ0v) is 10.4. The molecule has 98 valence electrons. The molecular formula is C14H15N3O2. The van der Waals surface area contributed by atoms with Crippen molar-refractivity contribution in [2.45, 2.75) is 12.5 Å². The number of hydrogen-bond donors (Lipinski definition) is 2. The molecule has 1 aliphatic heterocycles. The van der Waals surface area contributed by atoms with E-state index in [9.17, 15) is 4.79 Å². The number of pyridine rings is 1. The Labute approximate surface area is 111 Å². The van der Waals surface area contributed by atoms with Crippen LogP contribution < -0.4 is 10.6 Å². The molecule has 19 heavy (non-hydrogen) atoms. The lowest BCUT2D eigenvalue weighted by atomic mass is 10.1. The quantitative estimate of drug-likeness (QED) is 0.866. The highest BCUT2D eigenvalue weighted by Gasteiger charge is 2.17. The van der Waals surface area contributed by atoms with Crippen LogP contribution >= 0.6 is 0 Å². The van der Waals surface area contributed by atoms with Crippen LogP contribution in [0.25, 0.3) is 10.8 Å². The number of amides is 2. The Balaban J connectivity index is 1.75. The lowest BCUT2D eigenvalue weighted by Crippen LogP contribution is -2.38. The van der Waals surface area contributed by atoms with Crippen LogP contribution in [0.2, 0.25) is 0 Å². The van der Waals surface area contributed by atoms with Crippen molar-refractivity contribution in [2.24, 2.45) is 0 Å². The number of carbonyl (C=O) groups excluding carboxylic acids is 1. The van der Waals surface area contributed by atoms with Gasteiger partial charge in [0.25, 0.3) is 0 Å². The lowest BCUT2D eigenvalue weighted by Gasteiger charge is -2.13. The molecule has 5 heteroatoms. The van der Waals surface area contributed by atoms with Crippen molar-refractivity contribution >= 4 is 22.5 Å². The largest absolute Gasteiger partial charge is 0.379 e. The van der Waals surface area contributed by atoms with Crippen molar-refractivity contribution in [3.63, 3.8) is 0 Å². The fourth-order valence-corrected chi connectivity index (χ4v) is 2.21. The van der Waals surface area contributed by atoms with Crippen molar-refractivity contribution in [1.29, 1.82) is 0 Å². The number of nitrogens with zero attached hydrogens (tertiary/aromatic N) is 1. The topological polar surface area (TPSA) is 63.2 Å². The summed E-state index contributed by atoms with van der Waals surface area (Å²) in [4.78, 5) is 16.0. The molecule has 2 aromatic rings. The molecule has 1 aromatic carbocycles. The highest BCUT2D eigenvalue weighted by Crippen LogP contribution is 2.21. The van der Waals surface area contributed by atoms with Crippen molar-refractivity contribution in [3.05, 3.63) is 36.7 Å². The molecule has 1 unspecified atom stereocenters. The third kappa shape index (κ3) is 2.66. The molecular weight excluding hydrogens is 242 g/mol. The summed E-state index contributed by atoms with van der Waals surface area (Å²) in [5, 5.41) is 7.75. The Morgan fingerprint density at radius 3 is 3.16 bits per heavy atom. The number of nitrogens with one attached hydrogen (secondary N) is 2. The summed E-state index contributed by atoms with van der Waals surface area (Å²) < 4.78 is 5.23. The molecule has 2 amide bonds. The maximum atomic E-state index is 11.9. The standard InChI is InChI=1S/C14H15N3O2/c18-14(16-11-5-7-19-9-11)17-13-3-1-2-10-4-6-15-8-12(10)13/h1-4,6,8,11H,5,7,9H2,(H2,16,17,18). The van der Waals surface area contributed by atoms with E-state index in [0.717, 1.165) is 22.9 Å². The minimum absolute atomic E-state index is 0.105. The van der Waals surface area contributed by atoms with E-state index in [1.165, 1.54) is 0 Å². The Hall–Kier alpha value is -2.14. The molecule has 2 N–H and O–H groups in total. The first-order valence-electron chi connectivity index (χ1n) is 6.31. The fourth-order valence-electron chi connectivity index (χ4n) is 2.21. The summed E-state index contributed by atoms with van der Waals surface area (Å²) in [7, 11) is 0. The summed E-state index contributed by atoms with van der Waals surface area (Å²) in [5.41, 5.74) is 0.766. The molecule has 5 nitrogen and oxygen atoms in total. The van der Waals surface area contributed by atoms with Crippen LogP contribution in [0.3, 0.4) is 0 Å². The number of urea groups is 1. The summed E-state index contributed by atoms with van der Waals surface area (Å²) in [6.07, 6.45) is 4.36. The second-order valence-corrected chi connectivity index (χ2v) is 4.56. The van der Waals surface area contributed by atoms with Gasteiger partial charge in [-0.1, -0.05) is 12.1 Å². The molecule has 2 heterocycles. The maximum Gasteiger partial charge on any atom is 0.319 e. The van der Waals surface area contributed by atoms with Crippen LogP contribution in [0.1, 0.15) is 6.42 Å². The van der Waals surface area contributed by atoms with Crippen molar-refractivity contribution in [1.82, 2.24) is 10.3 Å².